The van der Waals surface area contributed by atoms with E-state index in [0.717, 1.165) is 11.1 Å². The molecule has 15 heavy (non-hydrogen) atoms. The summed E-state index contributed by atoms with van der Waals surface area (Å²) < 4.78 is 5.32. The lowest BCUT2D eigenvalue weighted by Crippen LogP contribution is -2.09. The summed E-state index contributed by atoms with van der Waals surface area (Å²) in [6.45, 7) is 1.23. The number of aliphatic imine (C=N–C) groups is 1. The lowest BCUT2D eigenvalue weighted by atomic mass is 10.0. The van der Waals surface area contributed by atoms with Crippen LogP contribution in [0.3, 0.4) is 0 Å². The zero-order valence-electron chi connectivity index (χ0n) is 8.14. The van der Waals surface area contributed by atoms with Crippen LogP contribution in [-0.2, 0) is 16.0 Å². The Bertz CT molecular complexity index is 412. The van der Waals surface area contributed by atoms with Gasteiger partial charge in [0.05, 0.1) is 13.0 Å². The number of benzene rings is 1. The Balaban J connectivity index is 2.33. The van der Waals surface area contributed by atoms with Gasteiger partial charge in [0.1, 0.15) is 6.61 Å². The van der Waals surface area contributed by atoms with Crippen molar-refractivity contribution in [2.75, 3.05) is 13.2 Å². The molecule has 0 aromatic heterocycles. The van der Waals surface area contributed by atoms with E-state index in [2.05, 4.69) is 4.99 Å². The molecule has 0 saturated carbocycles. The highest BCUT2D eigenvalue weighted by Crippen LogP contribution is 2.14. The van der Waals surface area contributed by atoms with Gasteiger partial charge in [-0.3, -0.25) is 4.79 Å². The van der Waals surface area contributed by atoms with Gasteiger partial charge in [-0.25, -0.2) is 4.99 Å². The number of carboxylic acids is 1. The minimum absolute atomic E-state index is 0.00144. The summed E-state index contributed by atoms with van der Waals surface area (Å²) >= 11 is 0. The first kappa shape index (κ1) is 9.71. The number of nitrogens with zero attached hydrogens (tertiary/aromatic N) is 1. The van der Waals surface area contributed by atoms with Crippen LogP contribution in [0.15, 0.2) is 29.3 Å². The normalized spacial score (nSPS) is 14.5. The van der Waals surface area contributed by atoms with Crippen LogP contribution in [0.2, 0.25) is 0 Å². The van der Waals surface area contributed by atoms with Crippen molar-refractivity contribution in [2.45, 2.75) is 6.42 Å². The number of carboxylic acid groups (broad SMARTS) is 1. The van der Waals surface area contributed by atoms with Gasteiger partial charge in [-0.15, -0.1) is 0 Å². The van der Waals surface area contributed by atoms with Gasteiger partial charge in [0.15, 0.2) is 0 Å². The summed E-state index contributed by atoms with van der Waals surface area (Å²) in [5.41, 5.74) is 1.53. The molecule has 1 aliphatic rings. The third kappa shape index (κ3) is 2.15. The molecule has 1 aliphatic heterocycles. The van der Waals surface area contributed by atoms with Gasteiger partial charge >= 0.3 is 5.97 Å². The smallest absolute Gasteiger partial charge is 0.307 e. The molecular formula is C11H11NO3. The monoisotopic (exact) mass is 205 g/mol. The average Bonchev–Trinajstić information content (AvgIpc) is 2.70. The van der Waals surface area contributed by atoms with Crippen molar-refractivity contribution in [2.24, 2.45) is 4.99 Å². The van der Waals surface area contributed by atoms with Gasteiger partial charge in [-0.05, 0) is 11.6 Å². The summed E-state index contributed by atoms with van der Waals surface area (Å²) in [4.78, 5) is 14.8. The van der Waals surface area contributed by atoms with Crippen molar-refractivity contribution in [3.63, 3.8) is 0 Å². The van der Waals surface area contributed by atoms with Crippen molar-refractivity contribution in [3.05, 3.63) is 35.4 Å². The van der Waals surface area contributed by atoms with Crippen LogP contribution in [-0.4, -0.2) is 30.1 Å². The SMILES string of the molecule is O=C(O)Cc1ccccc1C1=NCCO1. The molecule has 0 radical (unpaired) electrons. The molecular weight excluding hydrogens is 194 g/mol. The molecule has 0 fully saturated rings. The number of rotatable bonds is 3. The highest BCUT2D eigenvalue weighted by atomic mass is 16.5. The minimum atomic E-state index is -0.846. The molecule has 1 N–H and O–H groups in total. The predicted octanol–water partition coefficient (Wildman–Crippen LogP) is 1.09. The average molecular weight is 205 g/mol. The molecule has 4 heteroatoms. The Morgan fingerprint density at radius 3 is 2.93 bits per heavy atom. The van der Waals surface area contributed by atoms with Crippen LogP contribution < -0.4 is 0 Å². The van der Waals surface area contributed by atoms with E-state index in [1.807, 2.05) is 18.2 Å². The predicted molar refractivity (Wildman–Crippen MR) is 55.1 cm³/mol. The first-order valence-electron chi connectivity index (χ1n) is 4.74. The molecule has 0 spiro atoms. The lowest BCUT2D eigenvalue weighted by molar-refractivity contribution is -0.136. The van der Waals surface area contributed by atoms with E-state index >= 15 is 0 Å². The highest BCUT2D eigenvalue weighted by molar-refractivity contribution is 5.97. The fourth-order valence-corrected chi connectivity index (χ4v) is 1.54. The van der Waals surface area contributed by atoms with Gasteiger partial charge in [0, 0.05) is 5.56 Å². The Morgan fingerprint density at radius 1 is 1.47 bits per heavy atom. The van der Waals surface area contributed by atoms with Crippen LogP contribution in [0.25, 0.3) is 0 Å². The van der Waals surface area contributed by atoms with Gasteiger partial charge in [0.2, 0.25) is 5.90 Å². The van der Waals surface area contributed by atoms with Crippen molar-refractivity contribution in [1.82, 2.24) is 0 Å². The Morgan fingerprint density at radius 2 is 2.27 bits per heavy atom. The second-order valence-electron chi connectivity index (χ2n) is 3.26. The minimum Gasteiger partial charge on any atom is -0.481 e. The topological polar surface area (TPSA) is 58.9 Å². The summed E-state index contributed by atoms with van der Waals surface area (Å²) in [6, 6.07) is 7.29. The maximum absolute atomic E-state index is 10.7. The first-order valence-corrected chi connectivity index (χ1v) is 4.74. The van der Waals surface area contributed by atoms with Crippen LogP contribution in [0.1, 0.15) is 11.1 Å². The fourth-order valence-electron chi connectivity index (χ4n) is 1.54. The quantitative estimate of drug-likeness (QED) is 0.803. The lowest BCUT2D eigenvalue weighted by Gasteiger charge is -2.06. The zero-order valence-corrected chi connectivity index (χ0v) is 8.14. The van der Waals surface area contributed by atoms with E-state index in [1.165, 1.54) is 0 Å². The molecule has 0 atom stereocenters. The van der Waals surface area contributed by atoms with Crippen molar-refractivity contribution in [3.8, 4) is 0 Å². The molecule has 0 saturated heterocycles. The van der Waals surface area contributed by atoms with E-state index in [1.54, 1.807) is 6.07 Å². The Labute approximate surface area is 87.2 Å². The second-order valence-corrected chi connectivity index (χ2v) is 3.26. The van der Waals surface area contributed by atoms with Gasteiger partial charge < -0.3 is 9.84 Å². The van der Waals surface area contributed by atoms with Gasteiger partial charge in [-0.2, -0.15) is 0 Å². The molecule has 0 unspecified atom stereocenters. The van der Waals surface area contributed by atoms with E-state index in [9.17, 15) is 4.79 Å². The second kappa shape index (κ2) is 4.13. The van der Waals surface area contributed by atoms with Crippen molar-refractivity contribution in [1.29, 1.82) is 0 Å². The van der Waals surface area contributed by atoms with Crippen LogP contribution in [0.4, 0.5) is 0 Å². The van der Waals surface area contributed by atoms with E-state index in [4.69, 9.17) is 9.84 Å². The number of carbonyl (C=O) groups is 1. The van der Waals surface area contributed by atoms with E-state index in [0.29, 0.717) is 19.0 Å². The first-order chi connectivity index (χ1) is 7.27. The van der Waals surface area contributed by atoms with Crippen molar-refractivity contribution < 1.29 is 14.6 Å². The molecule has 78 valence electrons. The fraction of sp³-hybridized carbons (Fsp3) is 0.273. The Hall–Kier alpha value is -1.84. The molecule has 1 aromatic carbocycles. The van der Waals surface area contributed by atoms with Crippen molar-refractivity contribution >= 4 is 11.9 Å². The maximum Gasteiger partial charge on any atom is 0.307 e. The molecule has 4 nitrogen and oxygen atoms in total. The number of aliphatic carboxylic acids is 1. The summed E-state index contributed by atoms with van der Waals surface area (Å²) in [5, 5.41) is 8.75. The molecule has 1 aromatic rings. The molecule has 1 heterocycles. The maximum atomic E-state index is 10.7. The van der Waals surface area contributed by atoms with Crippen LogP contribution in [0, 0.1) is 0 Å². The number of ether oxygens (including phenoxy) is 1. The van der Waals surface area contributed by atoms with E-state index in [-0.39, 0.29) is 6.42 Å². The van der Waals surface area contributed by atoms with Crippen LogP contribution >= 0.6 is 0 Å². The summed E-state index contributed by atoms with van der Waals surface area (Å²) in [6.07, 6.45) is -0.00144. The zero-order chi connectivity index (χ0) is 10.7. The Kier molecular flexibility index (Phi) is 2.67. The molecule has 2 rings (SSSR count). The highest BCUT2D eigenvalue weighted by Gasteiger charge is 2.15. The van der Waals surface area contributed by atoms with Gasteiger partial charge in [-0.1, -0.05) is 18.2 Å². The molecule has 0 aliphatic carbocycles. The summed E-state index contributed by atoms with van der Waals surface area (Å²) in [7, 11) is 0. The largest absolute Gasteiger partial charge is 0.481 e. The molecule has 0 bridgehead atoms. The summed E-state index contributed by atoms with van der Waals surface area (Å²) in [5.74, 6) is -0.284. The van der Waals surface area contributed by atoms with Crippen LogP contribution in [0.5, 0.6) is 0 Å². The number of hydrogen-bond donors (Lipinski definition) is 1. The molecule has 0 amide bonds. The third-order valence-corrected chi connectivity index (χ3v) is 2.17. The van der Waals surface area contributed by atoms with Gasteiger partial charge in [0.25, 0.3) is 0 Å². The van der Waals surface area contributed by atoms with E-state index < -0.39 is 5.97 Å². The standard InChI is InChI=1S/C11H11NO3/c13-10(14)7-8-3-1-2-4-9(8)11-12-5-6-15-11/h1-4H,5-7H2,(H,13,14). The third-order valence-electron chi connectivity index (χ3n) is 2.17. The number of hydrogen-bond acceptors (Lipinski definition) is 3.